The summed E-state index contributed by atoms with van der Waals surface area (Å²) in [5.74, 6) is -0.121. The zero-order chi connectivity index (χ0) is 14.1. The highest BCUT2D eigenvalue weighted by atomic mass is 16.2. The number of aryl methyl sites for hydroxylation is 1. The van der Waals surface area contributed by atoms with Crippen LogP contribution in [0.5, 0.6) is 0 Å². The Kier molecular flexibility index (Phi) is 2.94. The topological polar surface area (TPSA) is 68.3 Å². The van der Waals surface area contributed by atoms with Crippen molar-refractivity contribution in [2.75, 3.05) is 7.05 Å². The van der Waals surface area contributed by atoms with Crippen molar-refractivity contribution < 1.29 is 4.79 Å². The molecule has 0 saturated carbocycles. The van der Waals surface area contributed by atoms with Crippen molar-refractivity contribution in [3.63, 3.8) is 0 Å². The molecule has 0 N–H and O–H groups in total. The van der Waals surface area contributed by atoms with E-state index in [0.29, 0.717) is 17.8 Å². The second-order valence-corrected chi connectivity index (χ2v) is 4.59. The summed E-state index contributed by atoms with van der Waals surface area (Å²) in [6, 6.07) is 3.66. The van der Waals surface area contributed by atoms with Gasteiger partial charge in [-0.3, -0.25) is 9.48 Å². The van der Waals surface area contributed by atoms with Crippen molar-refractivity contribution in [3.8, 4) is 0 Å². The van der Waals surface area contributed by atoms with Gasteiger partial charge in [0.15, 0.2) is 5.65 Å². The van der Waals surface area contributed by atoms with Crippen molar-refractivity contribution in [2.24, 2.45) is 7.05 Å². The van der Waals surface area contributed by atoms with Crippen molar-refractivity contribution in [2.45, 2.75) is 6.54 Å². The maximum absolute atomic E-state index is 12.4. The third-order valence-electron chi connectivity index (χ3n) is 3.02. The molecule has 0 radical (unpaired) electrons. The van der Waals surface area contributed by atoms with E-state index in [1.54, 1.807) is 45.8 Å². The van der Waals surface area contributed by atoms with Crippen molar-refractivity contribution in [1.82, 2.24) is 29.3 Å². The second-order valence-electron chi connectivity index (χ2n) is 4.59. The molecule has 0 unspecified atom stereocenters. The quantitative estimate of drug-likeness (QED) is 0.703. The largest absolute Gasteiger partial charge is 0.336 e. The number of fused-ring (bicyclic) bond motifs is 1. The third-order valence-corrected chi connectivity index (χ3v) is 3.02. The van der Waals surface area contributed by atoms with Gasteiger partial charge in [0.25, 0.3) is 5.91 Å². The molecule has 3 aromatic rings. The van der Waals surface area contributed by atoms with Gasteiger partial charge in [-0.15, -0.1) is 0 Å². The molecule has 1 amide bonds. The molecule has 0 atom stereocenters. The van der Waals surface area contributed by atoms with Crippen LogP contribution in [0.4, 0.5) is 0 Å². The molecule has 3 heterocycles. The lowest BCUT2D eigenvalue weighted by Gasteiger charge is -2.14. The molecule has 0 fully saturated rings. The van der Waals surface area contributed by atoms with Gasteiger partial charge in [0, 0.05) is 32.7 Å². The minimum atomic E-state index is -0.121. The van der Waals surface area contributed by atoms with Crippen molar-refractivity contribution >= 4 is 11.6 Å². The first-order valence-electron chi connectivity index (χ1n) is 6.17. The van der Waals surface area contributed by atoms with Crippen LogP contribution in [-0.2, 0) is 13.6 Å². The Hall–Kier alpha value is -2.70. The molecule has 0 aliphatic carbocycles. The zero-order valence-electron chi connectivity index (χ0n) is 11.3. The van der Waals surface area contributed by atoms with Gasteiger partial charge in [-0.05, 0) is 12.1 Å². The van der Waals surface area contributed by atoms with E-state index < -0.39 is 0 Å². The summed E-state index contributed by atoms with van der Waals surface area (Å²) in [6.45, 7) is 0.448. The number of carbonyl (C=O) groups is 1. The first kappa shape index (κ1) is 12.3. The minimum absolute atomic E-state index is 0.121. The number of aromatic nitrogens is 5. The van der Waals surface area contributed by atoms with E-state index in [1.165, 1.54) is 0 Å². The van der Waals surface area contributed by atoms with Crippen LogP contribution in [0, 0.1) is 0 Å². The number of amides is 1. The molecular formula is C13H14N6O. The smallest absolute Gasteiger partial charge is 0.259 e. The predicted molar refractivity (Wildman–Crippen MR) is 72.0 cm³/mol. The molecule has 102 valence electrons. The minimum Gasteiger partial charge on any atom is -0.336 e. The van der Waals surface area contributed by atoms with Gasteiger partial charge in [-0.1, -0.05) is 0 Å². The van der Waals surface area contributed by atoms with E-state index >= 15 is 0 Å². The lowest BCUT2D eigenvalue weighted by atomic mass is 10.3. The Labute approximate surface area is 115 Å². The molecule has 0 saturated heterocycles. The lowest BCUT2D eigenvalue weighted by molar-refractivity contribution is 0.0785. The van der Waals surface area contributed by atoms with Crippen molar-refractivity contribution in [1.29, 1.82) is 0 Å². The normalized spacial score (nSPS) is 10.9. The molecule has 7 nitrogen and oxygen atoms in total. The average Bonchev–Trinajstić information content (AvgIpc) is 3.04. The predicted octanol–water partition coefficient (Wildman–Crippen LogP) is 0.735. The Morgan fingerprint density at radius 1 is 1.40 bits per heavy atom. The summed E-state index contributed by atoms with van der Waals surface area (Å²) >= 11 is 0. The fourth-order valence-corrected chi connectivity index (χ4v) is 2.05. The Balaban J connectivity index is 1.84. The van der Waals surface area contributed by atoms with Gasteiger partial charge < -0.3 is 4.90 Å². The lowest BCUT2D eigenvalue weighted by Crippen LogP contribution is -2.26. The van der Waals surface area contributed by atoms with Gasteiger partial charge in [-0.2, -0.15) is 10.2 Å². The van der Waals surface area contributed by atoms with Crippen LogP contribution in [-0.4, -0.2) is 42.2 Å². The van der Waals surface area contributed by atoms with E-state index in [-0.39, 0.29) is 5.91 Å². The maximum atomic E-state index is 12.4. The van der Waals surface area contributed by atoms with Gasteiger partial charge in [-0.25, -0.2) is 9.50 Å². The van der Waals surface area contributed by atoms with Crippen LogP contribution in [0.3, 0.4) is 0 Å². The summed E-state index contributed by atoms with van der Waals surface area (Å²) in [5.41, 5.74) is 1.89. The fourth-order valence-electron chi connectivity index (χ4n) is 2.05. The Morgan fingerprint density at radius 2 is 2.25 bits per heavy atom. The fraction of sp³-hybridized carbons (Fsp3) is 0.231. The SMILES string of the molecule is CN(Cc1ccn(C)n1)C(=O)c1cnn2cccnc12. The Morgan fingerprint density at radius 3 is 3.00 bits per heavy atom. The molecule has 3 rings (SSSR count). The average molecular weight is 270 g/mol. The summed E-state index contributed by atoms with van der Waals surface area (Å²) in [6.07, 6.45) is 6.80. The molecular weight excluding hydrogens is 256 g/mol. The molecule has 0 spiro atoms. The second kappa shape index (κ2) is 4.76. The standard InChI is InChI=1S/C13H14N6O/c1-17(9-10-4-7-18(2)16-10)13(20)11-8-15-19-6-3-5-14-12(11)19/h3-8H,9H2,1-2H3. The van der Waals surface area contributed by atoms with Crippen LogP contribution < -0.4 is 0 Å². The third kappa shape index (κ3) is 2.13. The Bertz CT molecular complexity index is 759. The number of hydrogen-bond donors (Lipinski definition) is 0. The van der Waals surface area contributed by atoms with E-state index in [2.05, 4.69) is 15.2 Å². The number of nitrogens with zero attached hydrogens (tertiary/aromatic N) is 6. The van der Waals surface area contributed by atoms with Crippen molar-refractivity contribution in [3.05, 3.63) is 48.2 Å². The highest BCUT2D eigenvalue weighted by Gasteiger charge is 2.18. The van der Waals surface area contributed by atoms with Gasteiger partial charge in [0.05, 0.1) is 18.4 Å². The van der Waals surface area contributed by atoms with Crippen LogP contribution in [0.1, 0.15) is 16.1 Å². The highest BCUT2D eigenvalue weighted by molar-refractivity contribution is 5.99. The molecule has 20 heavy (non-hydrogen) atoms. The summed E-state index contributed by atoms with van der Waals surface area (Å²) < 4.78 is 3.30. The van der Waals surface area contributed by atoms with Gasteiger partial charge in [0.2, 0.25) is 0 Å². The molecule has 0 aromatic carbocycles. The molecule has 0 aliphatic rings. The highest BCUT2D eigenvalue weighted by Crippen LogP contribution is 2.11. The van der Waals surface area contributed by atoms with Crippen LogP contribution in [0.2, 0.25) is 0 Å². The molecule has 0 bridgehead atoms. The number of carbonyl (C=O) groups excluding carboxylic acids is 1. The van der Waals surface area contributed by atoms with E-state index in [0.717, 1.165) is 5.69 Å². The molecule has 7 heteroatoms. The van der Waals surface area contributed by atoms with Gasteiger partial charge >= 0.3 is 0 Å². The summed E-state index contributed by atoms with van der Waals surface area (Å²) in [4.78, 5) is 18.2. The first-order valence-corrected chi connectivity index (χ1v) is 6.17. The van der Waals surface area contributed by atoms with Crippen LogP contribution in [0.25, 0.3) is 5.65 Å². The van der Waals surface area contributed by atoms with Crippen LogP contribution in [0.15, 0.2) is 36.9 Å². The monoisotopic (exact) mass is 270 g/mol. The summed E-state index contributed by atoms with van der Waals surface area (Å²) in [5, 5.41) is 8.38. The molecule has 0 aliphatic heterocycles. The van der Waals surface area contributed by atoms with Crippen LogP contribution >= 0.6 is 0 Å². The summed E-state index contributed by atoms with van der Waals surface area (Å²) in [7, 11) is 3.59. The maximum Gasteiger partial charge on any atom is 0.259 e. The molecule has 3 aromatic heterocycles. The van der Waals surface area contributed by atoms with E-state index in [9.17, 15) is 4.79 Å². The first-order chi connectivity index (χ1) is 9.65. The van der Waals surface area contributed by atoms with Gasteiger partial charge in [0.1, 0.15) is 5.56 Å². The zero-order valence-corrected chi connectivity index (χ0v) is 11.3. The number of rotatable bonds is 3. The number of hydrogen-bond acceptors (Lipinski definition) is 4. The van der Waals surface area contributed by atoms with E-state index in [4.69, 9.17) is 0 Å². The van der Waals surface area contributed by atoms with E-state index in [1.807, 2.05) is 19.3 Å².